The average molecular weight is 152 g/mol. The molecule has 0 bridgehead atoms. The summed E-state index contributed by atoms with van der Waals surface area (Å²) in [5, 5.41) is 8.71. The highest BCUT2D eigenvalue weighted by Crippen LogP contribution is 2.26. The number of carboxylic acid groups (broad SMARTS) is 1. The van der Waals surface area contributed by atoms with Crippen LogP contribution in [0.5, 0.6) is 0 Å². The van der Waals surface area contributed by atoms with Crippen molar-refractivity contribution >= 4 is 5.97 Å². The molecule has 0 aromatic heterocycles. The van der Waals surface area contributed by atoms with Crippen LogP contribution in [0.15, 0.2) is 23.8 Å². The van der Waals surface area contributed by atoms with Crippen LogP contribution in [0.2, 0.25) is 0 Å². The van der Waals surface area contributed by atoms with Crippen molar-refractivity contribution < 1.29 is 9.90 Å². The van der Waals surface area contributed by atoms with Crippen LogP contribution >= 0.6 is 0 Å². The van der Waals surface area contributed by atoms with Crippen molar-refractivity contribution in [1.82, 2.24) is 0 Å². The van der Waals surface area contributed by atoms with Gasteiger partial charge in [-0.25, -0.2) is 0 Å². The maximum atomic E-state index is 10.6. The number of carboxylic acids is 1. The topological polar surface area (TPSA) is 37.3 Å². The summed E-state index contributed by atoms with van der Waals surface area (Å²) < 4.78 is 0. The molecule has 0 amide bonds. The molecule has 1 N–H and O–H groups in total. The van der Waals surface area contributed by atoms with E-state index >= 15 is 0 Å². The standard InChI is InChI=1S/C9H12O2/c1-6-3-7(2)5-8(4-6)9(10)11/h3,8H,1,4-5H2,2H3,(H,10,11). The fourth-order valence-corrected chi connectivity index (χ4v) is 1.42. The van der Waals surface area contributed by atoms with E-state index in [-0.39, 0.29) is 5.92 Å². The highest BCUT2D eigenvalue weighted by molar-refractivity contribution is 5.71. The number of hydrogen-bond donors (Lipinski definition) is 1. The van der Waals surface area contributed by atoms with E-state index in [0.29, 0.717) is 12.8 Å². The molecule has 2 nitrogen and oxygen atoms in total. The zero-order valence-electron chi connectivity index (χ0n) is 6.63. The Labute approximate surface area is 66.2 Å². The van der Waals surface area contributed by atoms with Crippen LogP contribution in [0.3, 0.4) is 0 Å². The van der Waals surface area contributed by atoms with Crippen molar-refractivity contribution in [2.75, 3.05) is 0 Å². The van der Waals surface area contributed by atoms with Gasteiger partial charge in [-0.3, -0.25) is 4.79 Å². The number of carbonyl (C=O) groups is 1. The molecule has 60 valence electrons. The van der Waals surface area contributed by atoms with Gasteiger partial charge in [0.15, 0.2) is 0 Å². The number of allylic oxidation sites excluding steroid dienone is 3. The Hall–Kier alpha value is -1.05. The molecule has 1 aliphatic carbocycles. The summed E-state index contributed by atoms with van der Waals surface area (Å²) in [4.78, 5) is 10.6. The van der Waals surface area contributed by atoms with Gasteiger partial charge in [0.1, 0.15) is 0 Å². The van der Waals surface area contributed by atoms with E-state index in [4.69, 9.17) is 5.11 Å². The van der Waals surface area contributed by atoms with Crippen LogP contribution in [0.1, 0.15) is 19.8 Å². The van der Waals surface area contributed by atoms with E-state index in [9.17, 15) is 4.79 Å². The third-order valence-electron chi connectivity index (χ3n) is 1.88. The lowest BCUT2D eigenvalue weighted by Crippen LogP contribution is -2.17. The minimum absolute atomic E-state index is 0.243. The van der Waals surface area contributed by atoms with Crippen LogP contribution < -0.4 is 0 Å². The molecule has 0 saturated carbocycles. The highest BCUT2D eigenvalue weighted by Gasteiger charge is 2.21. The predicted octanol–water partition coefficient (Wildman–Crippen LogP) is 1.98. The first kappa shape index (κ1) is 8.05. The minimum atomic E-state index is -0.710. The Morgan fingerprint density at radius 1 is 1.73 bits per heavy atom. The minimum Gasteiger partial charge on any atom is -0.481 e. The third kappa shape index (κ3) is 1.93. The van der Waals surface area contributed by atoms with Crippen LogP contribution in [0.25, 0.3) is 0 Å². The zero-order valence-corrected chi connectivity index (χ0v) is 6.63. The van der Waals surface area contributed by atoms with E-state index in [1.165, 1.54) is 0 Å². The van der Waals surface area contributed by atoms with Crippen LogP contribution in [-0.2, 0) is 4.79 Å². The van der Waals surface area contributed by atoms with Gasteiger partial charge in [0.05, 0.1) is 5.92 Å². The monoisotopic (exact) mass is 152 g/mol. The first-order valence-corrected chi connectivity index (χ1v) is 3.67. The van der Waals surface area contributed by atoms with Crippen LogP contribution in [0, 0.1) is 5.92 Å². The van der Waals surface area contributed by atoms with Crippen molar-refractivity contribution in [2.24, 2.45) is 5.92 Å². The first-order chi connectivity index (χ1) is 5.09. The van der Waals surface area contributed by atoms with E-state index in [1.54, 1.807) is 0 Å². The highest BCUT2D eigenvalue weighted by atomic mass is 16.4. The van der Waals surface area contributed by atoms with E-state index < -0.39 is 5.97 Å². The normalized spacial score (nSPS) is 24.6. The van der Waals surface area contributed by atoms with E-state index in [2.05, 4.69) is 6.58 Å². The lowest BCUT2D eigenvalue weighted by molar-refractivity contribution is -0.141. The molecule has 0 saturated heterocycles. The molecule has 0 heterocycles. The summed E-state index contributed by atoms with van der Waals surface area (Å²) in [6, 6.07) is 0. The van der Waals surface area contributed by atoms with Crippen molar-refractivity contribution in [2.45, 2.75) is 19.8 Å². The molecule has 1 atom stereocenters. The van der Waals surface area contributed by atoms with Gasteiger partial charge < -0.3 is 5.11 Å². The molecular formula is C9H12O2. The number of aliphatic carboxylic acids is 1. The summed E-state index contributed by atoms with van der Waals surface area (Å²) in [5.74, 6) is -0.953. The van der Waals surface area contributed by atoms with Crippen molar-refractivity contribution in [3.63, 3.8) is 0 Å². The number of hydrogen-bond acceptors (Lipinski definition) is 1. The van der Waals surface area contributed by atoms with Crippen molar-refractivity contribution in [3.8, 4) is 0 Å². The molecule has 1 unspecified atom stereocenters. The lowest BCUT2D eigenvalue weighted by atomic mass is 9.87. The number of rotatable bonds is 1. The maximum Gasteiger partial charge on any atom is 0.307 e. The second-order valence-electron chi connectivity index (χ2n) is 3.09. The maximum absolute atomic E-state index is 10.6. The third-order valence-corrected chi connectivity index (χ3v) is 1.88. The quantitative estimate of drug-likeness (QED) is 0.623. The summed E-state index contributed by atoms with van der Waals surface area (Å²) in [6.45, 7) is 5.70. The zero-order chi connectivity index (χ0) is 8.43. The van der Waals surface area contributed by atoms with Crippen molar-refractivity contribution in [3.05, 3.63) is 23.8 Å². The Bertz CT molecular complexity index is 226. The van der Waals surface area contributed by atoms with Crippen molar-refractivity contribution in [1.29, 1.82) is 0 Å². The second kappa shape index (κ2) is 2.91. The SMILES string of the molecule is C=C1C=C(C)CC(C(=O)O)C1. The second-order valence-corrected chi connectivity index (χ2v) is 3.09. The summed E-state index contributed by atoms with van der Waals surface area (Å²) in [7, 11) is 0. The van der Waals surface area contributed by atoms with Crippen LogP contribution in [0.4, 0.5) is 0 Å². The van der Waals surface area contributed by atoms with E-state index in [0.717, 1.165) is 11.1 Å². The molecule has 0 aliphatic heterocycles. The van der Waals surface area contributed by atoms with Gasteiger partial charge in [-0.2, -0.15) is 0 Å². The molecule has 0 aromatic rings. The molecule has 0 aromatic carbocycles. The van der Waals surface area contributed by atoms with Gasteiger partial charge in [0.2, 0.25) is 0 Å². The Balaban J connectivity index is 2.72. The fourth-order valence-electron chi connectivity index (χ4n) is 1.42. The molecule has 2 heteroatoms. The molecule has 1 aliphatic rings. The Morgan fingerprint density at radius 3 is 2.82 bits per heavy atom. The fraction of sp³-hybridized carbons (Fsp3) is 0.444. The van der Waals surface area contributed by atoms with Gasteiger partial charge in [-0.15, -0.1) is 0 Å². The van der Waals surface area contributed by atoms with Crippen LogP contribution in [-0.4, -0.2) is 11.1 Å². The summed E-state index contributed by atoms with van der Waals surface area (Å²) in [6.07, 6.45) is 3.25. The average Bonchev–Trinajstić information content (AvgIpc) is 1.85. The van der Waals surface area contributed by atoms with Gasteiger partial charge in [0.25, 0.3) is 0 Å². The Morgan fingerprint density at radius 2 is 2.36 bits per heavy atom. The molecular weight excluding hydrogens is 140 g/mol. The lowest BCUT2D eigenvalue weighted by Gasteiger charge is -2.18. The first-order valence-electron chi connectivity index (χ1n) is 3.67. The largest absolute Gasteiger partial charge is 0.481 e. The van der Waals surface area contributed by atoms with Gasteiger partial charge >= 0.3 is 5.97 Å². The van der Waals surface area contributed by atoms with E-state index in [1.807, 2.05) is 13.0 Å². The molecule has 11 heavy (non-hydrogen) atoms. The smallest absolute Gasteiger partial charge is 0.307 e. The molecule has 0 spiro atoms. The van der Waals surface area contributed by atoms with Gasteiger partial charge in [-0.05, 0) is 19.8 Å². The predicted molar refractivity (Wildman–Crippen MR) is 43.3 cm³/mol. The molecule has 1 rings (SSSR count). The van der Waals surface area contributed by atoms with Gasteiger partial charge in [0, 0.05) is 0 Å². The summed E-state index contributed by atoms with van der Waals surface area (Å²) >= 11 is 0. The molecule has 0 radical (unpaired) electrons. The molecule has 0 fully saturated rings. The van der Waals surface area contributed by atoms with Gasteiger partial charge in [-0.1, -0.05) is 23.8 Å². The summed E-state index contributed by atoms with van der Waals surface area (Å²) in [5.41, 5.74) is 2.05. The Kier molecular flexibility index (Phi) is 2.13.